The number of halogens is 1. The fourth-order valence-corrected chi connectivity index (χ4v) is 1.67. The number of aromatic carboxylic acids is 1. The first-order valence-corrected chi connectivity index (χ1v) is 5.75. The van der Waals surface area contributed by atoms with Crippen molar-refractivity contribution in [2.24, 2.45) is 0 Å². The highest BCUT2D eigenvalue weighted by molar-refractivity contribution is 5.84. The van der Waals surface area contributed by atoms with Crippen molar-refractivity contribution in [1.29, 1.82) is 0 Å². The van der Waals surface area contributed by atoms with E-state index in [1.807, 2.05) is 0 Å². The highest BCUT2D eigenvalue weighted by Crippen LogP contribution is 2.24. The van der Waals surface area contributed by atoms with E-state index in [1.165, 1.54) is 18.2 Å². The standard InChI is InChI=1S/C14H11FO5/c1-8(12-2-3-13(20-12)14(17)18)19-11-5-9(7-16)4-10(15)6-11/h2-8H,1H3,(H,17,18). The number of aldehydes is 1. The van der Waals surface area contributed by atoms with Crippen LogP contribution in [0, 0.1) is 5.82 Å². The van der Waals surface area contributed by atoms with Crippen LogP contribution in [0.5, 0.6) is 5.75 Å². The first-order valence-electron chi connectivity index (χ1n) is 5.75. The molecule has 2 rings (SSSR count). The summed E-state index contributed by atoms with van der Waals surface area (Å²) in [5, 5.41) is 8.75. The molecular weight excluding hydrogens is 267 g/mol. The summed E-state index contributed by atoms with van der Waals surface area (Å²) in [6.07, 6.45) is -0.111. The average molecular weight is 278 g/mol. The molecule has 104 valence electrons. The first-order chi connectivity index (χ1) is 9.49. The molecule has 0 amide bonds. The van der Waals surface area contributed by atoms with Crippen LogP contribution >= 0.6 is 0 Å². The lowest BCUT2D eigenvalue weighted by Crippen LogP contribution is -2.03. The monoisotopic (exact) mass is 278 g/mol. The number of ether oxygens (including phenoxy) is 1. The van der Waals surface area contributed by atoms with Gasteiger partial charge in [-0.1, -0.05) is 0 Å². The molecule has 2 aromatic rings. The average Bonchev–Trinajstić information content (AvgIpc) is 2.87. The molecule has 0 fully saturated rings. The van der Waals surface area contributed by atoms with E-state index in [1.54, 1.807) is 6.92 Å². The normalized spacial score (nSPS) is 11.9. The van der Waals surface area contributed by atoms with Crippen molar-refractivity contribution in [3.05, 3.63) is 53.2 Å². The summed E-state index contributed by atoms with van der Waals surface area (Å²) in [6, 6.07) is 6.37. The summed E-state index contributed by atoms with van der Waals surface area (Å²) < 4.78 is 23.7. The predicted octanol–water partition coefficient (Wildman–Crippen LogP) is 3.07. The largest absolute Gasteiger partial charge is 0.483 e. The highest BCUT2D eigenvalue weighted by atomic mass is 19.1. The fraction of sp³-hybridized carbons (Fsp3) is 0.143. The topological polar surface area (TPSA) is 76.7 Å². The van der Waals surface area contributed by atoms with Gasteiger partial charge in [-0.2, -0.15) is 0 Å². The van der Waals surface area contributed by atoms with E-state index >= 15 is 0 Å². The summed E-state index contributed by atoms with van der Waals surface area (Å²) in [4.78, 5) is 21.3. The minimum absolute atomic E-state index is 0.151. The Morgan fingerprint density at radius 2 is 2.15 bits per heavy atom. The van der Waals surface area contributed by atoms with Crippen LogP contribution in [0.1, 0.15) is 39.7 Å². The van der Waals surface area contributed by atoms with Crippen LogP contribution in [0.2, 0.25) is 0 Å². The van der Waals surface area contributed by atoms with Gasteiger partial charge in [-0.3, -0.25) is 4.79 Å². The van der Waals surface area contributed by atoms with Crippen LogP contribution in [0.25, 0.3) is 0 Å². The van der Waals surface area contributed by atoms with E-state index in [9.17, 15) is 14.0 Å². The van der Waals surface area contributed by atoms with Crippen molar-refractivity contribution in [1.82, 2.24) is 0 Å². The molecule has 6 heteroatoms. The number of furan rings is 1. The molecule has 0 radical (unpaired) electrons. The molecule has 20 heavy (non-hydrogen) atoms. The van der Waals surface area contributed by atoms with Crippen LogP contribution in [0.15, 0.2) is 34.7 Å². The third kappa shape index (κ3) is 3.03. The summed E-state index contributed by atoms with van der Waals surface area (Å²) in [7, 11) is 0. The molecule has 0 spiro atoms. The molecule has 1 unspecified atom stereocenters. The molecule has 1 N–H and O–H groups in total. The summed E-state index contributed by atoms with van der Waals surface area (Å²) >= 11 is 0. The van der Waals surface area contributed by atoms with Gasteiger partial charge in [0.2, 0.25) is 5.76 Å². The lowest BCUT2D eigenvalue weighted by atomic mass is 10.2. The van der Waals surface area contributed by atoms with Gasteiger partial charge in [0.15, 0.2) is 6.10 Å². The molecule has 0 aliphatic rings. The minimum atomic E-state index is -1.18. The Labute approximate surface area is 113 Å². The van der Waals surface area contributed by atoms with E-state index in [0.29, 0.717) is 12.0 Å². The van der Waals surface area contributed by atoms with Crippen molar-refractivity contribution in [2.45, 2.75) is 13.0 Å². The molecule has 1 atom stereocenters. The number of carboxylic acids is 1. The second-order valence-corrected chi connectivity index (χ2v) is 4.11. The molecule has 0 aliphatic carbocycles. The van der Waals surface area contributed by atoms with Crippen molar-refractivity contribution < 1.29 is 28.2 Å². The fourth-order valence-electron chi connectivity index (χ4n) is 1.67. The lowest BCUT2D eigenvalue weighted by Gasteiger charge is -2.12. The van der Waals surface area contributed by atoms with Gasteiger partial charge in [0.25, 0.3) is 0 Å². The van der Waals surface area contributed by atoms with E-state index in [-0.39, 0.29) is 17.1 Å². The second-order valence-electron chi connectivity index (χ2n) is 4.11. The van der Waals surface area contributed by atoms with Crippen LogP contribution < -0.4 is 4.74 Å². The zero-order valence-corrected chi connectivity index (χ0v) is 10.5. The Morgan fingerprint density at radius 3 is 2.75 bits per heavy atom. The summed E-state index contributed by atoms with van der Waals surface area (Å²) in [5.41, 5.74) is 0.151. The van der Waals surface area contributed by atoms with Gasteiger partial charge in [-0.15, -0.1) is 0 Å². The Balaban J connectivity index is 2.18. The third-order valence-electron chi connectivity index (χ3n) is 2.58. The number of carbonyl (C=O) groups excluding carboxylic acids is 1. The number of rotatable bonds is 5. The van der Waals surface area contributed by atoms with Crippen molar-refractivity contribution in [3.8, 4) is 5.75 Å². The van der Waals surface area contributed by atoms with Crippen molar-refractivity contribution in [2.75, 3.05) is 0 Å². The number of hydrogen-bond donors (Lipinski definition) is 1. The third-order valence-corrected chi connectivity index (χ3v) is 2.58. The SMILES string of the molecule is CC(Oc1cc(F)cc(C=O)c1)c1ccc(C(=O)O)o1. The number of carbonyl (C=O) groups is 2. The van der Waals surface area contributed by atoms with Crippen molar-refractivity contribution >= 4 is 12.3 Å². The molecule has 1 aromatic heterocycles. The van der Waals surface area contributed by atoms with Gasteiger partial charge < -0.3 is 14.3 Å². The zero-order valence-electron chi connectivity index (χ0n) is 10.5. The van der Waals surface area contributed by atoms with Crippen LogP contribution in [-0.4, -0.2) is 17.4 Å². The quantitative estimate of drug-likeness (QED) is 0.850. The smallest absolute Gasteiger partial charge is 0.371 e. The molecule has 0 aliphatic heterocycles. The minimum Gasteiger partial charge on any atom is -0.483 e. The Morgan fingerprint density at radius 1 is 1.40 bits per heavy atom. The predicted molar refractivity (Wildman–Crippen MR) is 66.5 cm³/mol. The lowest BCUT2D eigenvalue weighted by molar-refractivity contribution is 0.0655. The highest BCUT2D eigenvalue weighted by Gasteiger charge is 2.16. The van der Waals surface area contributed by atoms with Crippen LogP contribution in [0.3, 0.4) is 0 Å². The molecule has 1 aromatic carbocycles. The molecule has 0 bridgehead atoms. The van der Waals surface area contributed by atoms with Gasteiger partial charge in [0.1, 0.15) is 23.6 Å². The maximum Gasteiger partial charge on any atom is 0.371 e. The Hall–Kier alpha value is -2.63. The van der Waals surface area contributed by atoms with Gasteiger partial charge in [-0.25, -0.2) is 9.18 Å². The number of benzene rings is 1. The van der Waals surface area contributed by atoms with Gasteiger partial charge >= 0.3 is 5.97 Å². The van der Waals surface area contributed by atoms with E-state index in [2.05, 4.69) is 0 Å². The molecule has 0 saturated carbocycles. The molecule has 5 nitrogen and oxygen atoms in total. The Kier molecular flexibility index (Phi) is 3.84. The zero-order chi connectivity index (χ0) is 14.7. The van der Waals surface area contributed by atoms with Gasteiger partial charge in [0.05, 0.1) is 0 Å². The maximum absolute atomic E-state index is 13.2. The summed E-state index contributed by atoms with van der Waals surface area (Å²) in [6.45, 7) is 1.62. The maximum atomic E-state index is 13.2. The molecule has 1 heterocycles. The Bertz CT molecular complexity index is 647. The molecule has 0 saturated heterocycles. The van der Waals surface area contributed by atoms with Crippen LogP contribution in [-0.2, 0) is 0 Å². The van der Waals surface area contributed by atoms with Crippen LogP contribution in [0.4, 0.5) is 4.39 Å². The second kappa shape index (κ2) is 5.56. The number of carboxylic acid groups (broad SMARTS) is 1. The van der Waals surface area contributed by atoms with E-state index in [0.717, 1.165) is 12.1 Å². The van der Waals surface area contributed by atoms with Gasteiger partial charge in [0, 0.05) is 11.6 Å². The van der Waals surface area contributed by atoms with Gasteiger partial charge in [-0.05, 0) is 31.2 Å². The molecular formula is C14H11FO5. The van der Waals surface area contributed by atoms with E-state index < -0.39 is 17.9 Å². The summed E-state index contributed by atoms with van der Waals surface area (Å²) in [5.74, 6) is -1.53. The van der Waals surface area contributed by atoms with Crippen molar-refractivity contribution in [3.63, 3.8) is 0 Å². The first kappa shape index (κ1) is 13.8. The number of hydrogen-bond acceptors (Lipinski definition) is 4. The van der Waals surface area contributed by atoms with E-state index in [4.69, 9.17) is 14.3 Å².